The molecule has 0 N–H and O–H groups in total. The zero-order chi connectivity index (χ0) is 22.1. The van der Waals surface area contributed by atoms with Crippen molar-refractivity contribution in [2.45, 2.75) is 24.3 Å². The maximum absolute atomic E-state index is 11.7. The van der Waals surface area contributed by atoms with Crippen molar-refractivity contribution in [2.75, 3.05) is 61.9 Å². The van der Waals surface area contributed by atoms with E-state index >= 15 is 0 Å². The highest BCUT2D eigenvalue weighted by atomic mass is 32.2. The van der Waals surface area contributed by atoms with Crippen LogP contribution in [0.15, 0.2) is 53.6 Å². The Morgan fingerprint density at radius 3 is 2.19 bits per heavy atom. The Balaban J connectivity index is 1.25. The lowest BCUT2D eigenvalue weighted by Crippen LogP contribution is -2.46. The van der Waals surface area contributed by atoms with Crippen LogP contribution in [0.1, 0.15) is 12.8 Å². The third-order valence-corrected chi connectivity index (χ3v) is 7.81. The average molecular weight is 454 g/mol. The molecule has 0 amide bonds. The summed E-state index contributed by atoms with van der Waals surface area (Å²) in [5.74, 6) is 1.03. The largest absolute Gasteiger partial charge is 0.368 e. The quantitative estimate of drug-likeness (QED) is 0.572. The molecule has 170 valence electrons. The molecule has 2 fully saturated rings. The van der Waals surface area contributed by atoms with Crippen molar-refractivity contribution in [3.8, 4) is 0 Å². The summed E-state index contributed by atoms with van der Waals surface area (Å²) in [5, 5.41) is 1.19. The van der Waals surface area contributed by atoms with Gasteiger partial charge in [-0.15, -0.1) is 0 Å². The summed E-state index contributed by atoms with van der Waals surface area (Å²) >= 11 is 0. The topological polar surface area (TPSA) is 61.7 Å². The SMILES string of the molecule is CS(=O)(=O)c1ccc(N2CCN(c3ccc4ccn(CCN5CCCC5)c4n3)CC2)cc1. The van der Waals surface area contributed by atoms with E-state index in [-0.39, 0.29) is 0 Å². The predicted octanol–water partition coefficient (Wildman–Crippen LogP) is 2.86. The van der Waals surface area contributed by atoms with Gasteiger partial charge in [-0.25, -0.2) is 13.4 Å². The number of aromatic nitrogens is 2. The second-order valence-corrected chi connectivity index (χ2v) is 10.9. The van der Waals surface area contributed by atoms with Gasteiger partial charge in [-0.2, -0.15) is 0 Å². The van der Waals surface area contributed by atoms with Gasteiger partial charge in [-0.3, -0.25) is 0 Å². The van der Waals surface area contributed by atoms with E-state index in [9.17, 15) is 8.42 Å². The number of nitrogens with zero attached hydrogens (tertiary/aromatic N) is 5. The van der Waals surface area contributed by atoms with Crippen LogP contribution in [0.2, 0.25) is 0 Å². The molecule has 0 unspecified atom stereocenters. The number of benzene rings is 1. The normalized spacial score (nSPS) is 18.0. The van der Waals surface area contributed by atoms with E-state index in [1.54, 1.807) is 12.1 Å². The van der Waals surface area contributed by atoms with Crippen molar-refractivity contribution in [1.82, 2.24) is 14.5 Å². The van der Waals surface area contributed by atoms with Gasteiger partial charge in [0.2, 0.25) is 0 Å². The van der Waals surface area contributed by atoms with Gasteiger partial charge >= 0.3 is 0 Å². The molecule has 0 atom stereocenters. The lowest BCUT2D eigenvalue weighted by molar-refractivity contribution is 0.324. The summed E-state index contributed by atoms with van der Waals surface area (Å²) in [7, 11) is -3.16. The molecular weight excluding hydrogens is 422 g/mol. The fourth-order valence-corrected chi connectivity index (χ4v) is 5.39. The van der Waals surface area contributed by atoms with E-state index in [0.717, 1.165) is 56.4 Å². The lowest BCUT2D eigenvalue weighted by Gasteiger charge is -2.36. The third kappa shape index (κ3) is 4.47. The van der Waals surface area contributed by atoms with E-state index in [1.807, 2.05) is 12.1 Å². The molecular formula is C24H31N5O2S. The minimum atomic E-state index is -3.16. The zero-order valence-corrected chi connectivity index (χ0v) is 19.5. The van der Waals surface area contributed by atoms with Crippen molar-refractivity contribution in [3.05, 3.63) is 48.7 Å². The van der Waals surface area contributed by atoms with Gasteiger partial charge in [-0.1, -0.05) is 0 Å². The van der Waals surface area contributed by atoms with Crippen LogP contribution in [0.5, 0.6) is 0 Å². The molecule has 2 aliphatic heterocycles. The first-order valence-corrected chi connectivity index (χ1v) is 13.3. The molecule has 2 aliphatic rings. The second-order valence-electron chi connectivity index (χ2n) is 8.88. The first kappa shape index (κ1) is 21.3. The number of anilines is 2. The van der Waals surface area contributed by atoms with Crippen LogP contribution < -0.4 is 9.80 Å². The summed E-state index contributed by atoms with van der Waals surface area (Å²) in [4.78, 5) is 12.6. The second kappa shape index (κ2) is 8.75. The van der Waals surface area contributed by atoms with E-state index < -0.39 is 9.84 Å². The molecule has 32 heavy (non-hydrogen) atoms. The number of fused-ring (bicyclic) bond motifs is 1. The smallest absolute Gasteiger partial charge is 0.175 e. The summed E-state index contributed by atoms with van der Waals surface area (Å²) in [5.41, 5.74) is 2.14. The van der Waals surface area contributed by atoms with Crippen LogP contribution in [0.3, 0.4) is 0 Å². The van der Waals surface area contributed by atoms with Gasteiger partial charge in [0.15, 0.2) is 9.84 Å². The number of hydrogen-bond acceptors (Lipinski definition) is 6. The average Bonchev–Trinajstić information content (AvgIpc) is 3.47. The van der Waals surface area contributed by atoms with Gasteiger partial charge in [0.05, 0.1) is 4.90 Å². The predicted molar refractivity (Wildman–Crippen MR) is 129 cm³/mol. The van der Waals surface area contributed by atoms with Crippen LogP contribution in [0.4, 0.5) is 11.5 Å². The Morgan fingerprint density at radius 2 is 1.50 bits per heavy atom. The summed E-state index contributed by atoms with van der Waals surface area (Å²) in [6.07, 6.45) is 6.05. The van der Waals surface area contributed by atoms with E-state index in [4.69, 9.17) is 4.98 Å². The van der Waals surface area contributed by atoms with Crippen LogP contribution in [-0.4, -0.2) is 74.9 Å². The number of sulfone groups is 1. The molecule has 0 spiro atoms. The highest BCUT2D eigenvalue weighted by Gasteiger charge is 2.20. The number of pyridine rings is 1. The van der Waals surface area contributed by atoms with Gasteiger partial charge in [0.25, 0.3) is 0 Å². The molecule has 0 saturated carbocycles. The molecule has 4 heterocycles. The zero-order valence-electron chi connectivity index (χ0n) is 18.7. The minimum absolute atomic E-state index is 0.366. The van der Waals surface area contributed by atoms with Crippen LogP contribution in [-0.2, 0) is 16.4 Å². The van der Waals surface area contributed by atoms with Gasteiger partial charge in [0.1, 0.15) is 11.5 Å². The Labute approximate surface area is 190 Å². The molecule has 0 bridgehead atoms. The van der Waals surface area contributed by atoms with E-state index in [1.165, 1.54) is 37.6 Å². The Bertz CT molecular complexity index is 1170. The third-order valence-electron chi connectivity index (χ3n) is 6.69. The maximum Gasteiger partial charge on any atom is 0.175 e. The molecule has 5 rings (SSSR count). The van der Waals surface area contributed by atoms with Gasteiger partial charge in [-0.05, 0) is 68.4 Å². The van der Waals surface area contributed by atoms with Crippen LogP contribution in [0.25, 0.3) is 11.0 Å². The monoisotopic (exact) mass is 453 g/mol. The Morgan fingerprint density at radius 1 is 0.812 bits per heavy atom. The lowest BCUT2D eigenvalue weighted by atomic mass is 10.2. The summed E-state index contributed by atoms with van der Waals surface area (Å²) in [6.45, 7) is 8.06. The van der Waals surface area contributed by atoms with E-state index in [2.05, 4.69) is 43.7 Å². The first-order valence-electron chi connectivity index (χ1n) is 11.5. The summed E-state index contributed by atoms with van der Waals surface area (Å²) < 4.78 is 25.7. The van der Waals surface area contributed by atoms with Crippen LogP contribution >= 0.6 is 0 Å². The van der Waals surface area contributed by atoms with Crippen molar-refractivity contribution in [1.29, 1.82) is 0 Å². The molecule has 1 aromatic carbocycles. The molecule has 0 aliphatic carbocycles. The minimum Gasteiger partial charge on any atom is -0.368 e. The highest BCUT2D eigenvalue weighted by Crippen LogP contribution is 2.24. The molecule has 8 heteroatoms. The van der Waals surface area contributed by atoms with Crippen LogP contribution in [0, 0.1) is 0 Å². The van der Waals surface area contributed by atoms with Crippen molar-refractivity contribution < 1.29 is 8.42 Å². The molecule has 7 nitrogen and oxygen atoms in total. The Kier molecular flexibility index (Phi) is 5.82. The fourth-order valence-electron chi connectivity index (χ4n) is 4.76. The fraction of sp³-hybridized carbons (Fsp3) is 0.458. The Hall–Kier alpha value is -2.58. The van der Waals surface area contributed by atoms with Gasteiger partial charge < -0.3 is 19.3 Å². The van der Waals surface area contributed by atoms with Gasteiger partial charge in [0, 0.05) is 62.8 Å². The first-order chi connectivity index (χ1) is 15.5. The maximum atomic E-state index is 11.7. The molecule has 0 radical (unpaired) electrons. The number of hydrogen-bond donors (Lipinski definition) is 0. The highest BCUT2D eigenvalue weighted by molar-refractivity contribution is 7.90. The number of rotatable bonds is 6. The number of piperazine rings is 1. The van der Waals surface area contributed by atoms with Crippen molar-refractivity contribution in [2.24, 2.45) is 0 Å². The molecule has 3 aromatic rings. The van der Waals surface area contributed by atoms with E-state index in [0.29, 0.717) is 4.90 Å². The number of likely N-dealkylation sites (tertiary alicyclic amines) is 1. The standard InChI is InChI=1S/C24H31N5O2S/c1-32(30,31)22-7-5-21(6-8-22)27-16-18-28(19-17-27)23-9-4-20-10-13-29(24(20)25-23)15-14-26-11-2-3-12-26/h4-10,13H,2-3,11-12,14-19H2,1H3. The molecule has 2 aromatic heterocycles. The molecule has 2 saturated heterocycles. The van der Waals surface area contributed by atoms with Crippen molar-refractivity contribution >= 4 is 32.4 Å². The van der Waals surface area contributed by atoms with Crippen molar-refractivity contribution in [3.63, 3.8) is 0 Å². The summed E-state index contributed by atoms with van der Waals surface area (Å²) in [6, 6.07) is 13.7.